The number of ketones is 1. The standard InChI is InChI=1S/C31H24Cl2N4O/c32-23-13-9-19(10-14-23)29-25-7-3-1-5-21(25)17-27(36(29)34)31(38)28-18-22-6-2-4-8-26(22)30(37(28)35)20-11-15-24(33)16-12-20/h1-18,29-30H,34-35H2. The molecule has 38 heavy (non-hydrogen) atoms. The average molecular weight is 539 g/mol. The number of fused-ring (bicyclic) bond motifs is 2. The van der Waals surface area contributed by atoms with Gasteiger partial charge >= 0.3 is 0 Å². The van der Waals surface area contributed by atoms with Crippen LogP contribution in [0.2, 0.25) is 10.0 Å². The highest BCUT2D eigenvalue weighted by molar-refractivity contribution is 6.30. The first-order chi connectivity index (χ1) is 18.4. The zero-order valence-electron chi connectivity index (χ0n) is 20.3. The van der Waals surface area contributed by atoms with Crippen molar-refractivity contribution in [3.8, 4) is 0 Å². The van der Waals surface area contributed by atoms with Crippen LogP contribution in [0.1, 0.15) is 45.5 Å². The highest BCUT2D eigenvalue weighted by Crippen LogP contribution is 2.41. The smallest absolute Gasteiger partial charge is 0.227 e. The summed E-state index contributed by atoms with van der Waals surface area (Å²) >= 11 is 12.3. The van der Waals surface area contributed by atoms with Gasteiger partial charge in [-0.1, -0.05) is 96.0 Å². The first kappa shape index (κ1) is 24.5. The molecular formula is C31H24Cl2N4O. The topological polar surface area (TPSA) is 75.6 Å². The molecule has 7 heteroatoms. The number of benzene rings is 4. The van der Waals surface area contributed by atoms with Crippen LogP contribution in [0.25, 0.3) is 12.2 Å². The van der Waals surface area contributed by atoms with Crippen LogP contribution in [0.3, 0.4) is 0 Å². The fourth-order valence-electron chi connectivity index (χ4n) is 5.27. The van der Waals surface area contributed by atoms with Gasteiger partial charge in [-0.2, -0.15) is 0 Å². The van der Waals surface area contributed by atoms with Gasteiger partial charge in [-0.15, -0.1) is 0 Å². The molecule has 0 aliphatic carbocycles. The molecule has 4 aromatic rings. The SMILES string of the molecule is NN1C(C(=O)C2=Cc3ccccc3C(c3ccc(Cl)cc3)N2N)=Cc2ccccc2C1c1ccc(Cl)cc1. The van der Waals surface area contributed by atoms with E-state index in [1.807, 2.05) is 109 Å². The maximum absolute atomic E-state index is 14.2. The third-order valence-electron chi connectivity index (χ3n) is 7.12. The molecule has 188 valence electrons. The van der Waals surface area contributed by atoms with Crippen LogP contribution >= 0.6 is 23.2 Å². The number of nitrogens with two attached hydrogens (primary N) is 2. The molecule has 2 aliphatic rings. The number of Topliss-reactive ketones (excluding diaryl/α,β-unsaturated/α-hetero) is 1. The van der Waals surface area contributed by atoms with E-state index >= 15 is 0 Å². The van der Waals surface area contributed by atoms with Crippen molar-refractivity contribution in [2.75, 3.05) is 0 Å². The van der Waals surface area contributed by atoms with Gasteiger partial charge in [0.2, 0.25) is 5.78 Å². The Morgan fingerprint density at radius 3 is 1.34 bits per heavy atom. The Morgan fingerprint density at radius 1 is 0.579 bits per heavy atom. The van der Waals surface area contributed by atoms with E-state index < -0.39 is 0 Å². The van der Waals surface area contributed by atoms with Crippen LogP contribution in [0.15, 0.2) is 108 Å². The monoisotopic (exact) mass is 538 g/mol. The van der Waals surface area contributed by atoms with E-state index in [0.717, 1.165) is 33.4 Å². The molecule has 2 heterocycles. The van der Waals surface area contributed by atoms with Crippen molar-refractivity contribution < 1.29 is 4.79 Å². The summed E-state index contributed by atoms with van der Waals surface area (Å²) in [7, 11) is 0. The maximum Gasteiger partial charge on any atom is 0.227 e. The van der Waals surface area contributed by atoms with Gasteiger partial charge in [-0.25, -0.2) is 11.7 Å². The van der Waals surface area contributed by atoms with E-state index in [4.69, 9.17) is 34.9 Å². The van der Waals surface area contributed by atoms with Gasteiger partial charge < -0.3 is 0 Å². The molecule has 2 atom stereocenters. The lowest BCUT2D eigenvalue weighted by molar-refractivity contribution is -0.115. The minimum absolute atomic E-state index is 0.267. The highest BCUT2D eigenvalue weighted by atomic mass is 35.5. The van der Waals surface area contributed by atoms with Crippen molar-refractivity contribution in [2.24, 2.45) is 11.7 Å². The predicted molar refractivity (Wildman–Crippen MR) is 152 cm³/mol. The van der Waals surface area contributed by atoms with Crippen LogP contribution in [-0.4, -0.2) is 15.8 Å². The molecule has 0 fully saturated rings. The summed E-state index contributed by atoms with van der Waals surface area (Å²) in [5, 5.41) is 4.32. The molecular weight excluding hydrogens is 515 g/mol. The second-order valence-corrected chi connectivity index (χ2v) is 10.2. The van der Waals surface area contributed by atoms with E-state index in [0.29, 0.717) is 21.4 Å². The lowest BCUT2D eigenvalue weighted by Gasteiger charge is -2.39. The van der Waals surface area contributed by atoms with Crippen LogP contribution in [0.5, 0.6) is 0 Å². The Labute approximate surface area is 231 Å². The first-order valence-electron chi connectivity index (χ1n) is 12.2. The van der Waals surface area contributed by atoms with E-state index in [2.05, 4.69) is 0 Å². The minimum atomic E-state index is -0.373. The van der Waals surface area contributed by atoms with E-state index in [1.165, 1.54) is 10.0 Å². The molecule has 6 rings (SSSR count). The molecule has 0 saturated carbocycles. The molecule has 0 bridgehead atoms. The molecule has 2 unspecified atom stereocenters. The number of nitrogens with zero attached hydrogens (tertiary/aromatic N) is 2. The average Bonchev–Trinajstić information content (AvgIpc) is 2.93. The van der Waals surface area contributed by atoms with Gasteiger partial charge in [0, 0.05) is 10.0 Å². The zero-order valence-corrected chi connectivity index (χ0v) is 21.8. The Kier molecular flexibility index (Phi) is 6.30. The molecule has 5 nitrogen and oxygen atoms in total. The Balaban J connectivity index is 1.45. The maximum atomic E-state index is 14.2. The zero-order chi connectivity index (χ0) is 26.4. The number of hydrogen-bond donors (Lipinski definition) is 2. The van der Waals surface area contributed by atoms with Crippen molar-refractivity contribution in [1.29, 1.82) is 0 Å². The summed E-state index contributed by atoms with van der Waals surface area (Å²) in [4.78, 5) is 14.2. The molecule has 0 saturated heterocycles. The van der Waals surface area contributed by atoms with E-state index in [9.17, 15) is 4.79 Å². The minimum Gasteiger partial charge on any atom is -0.295 e. The van der Waals surface area contributed by atoms with E-state index in [1.54, 1.807) is 0 Å². The molecule has 0 spiro atoms. The van der Waals surface area contributed by atoms with Crippen molar-refractivity contribution in [2.45, 2.75) is 12.1 Å². The van der Waals surface area contributed by atoms with Gasteiger partial charge in [0.1, 0.15) is 11.4 Å². The van der Waals surface area contributed by atoms with Crippen molar-refractivity contribution in [3.63, 3.8) is 0 Å². The molecule has 4 aromatic carbocycles. The second kappa shape index (κ2) is 9.78. The number of hydrogen-bond acceptors (Lipinski definition) is 5. The third-order valence-corrected chi connectivity index (χ3v) is 7.62. The molecule has 0 amide bonds. The second-order valence-electron chi connectivity index (χ2n) is 9.37. The Hall–Kier alpha value is -3.87. The lowest BCUT2D eigenvalue weighted by Crippen LogP contribution is -2.45. The van der Waals surface area contributed by atoms with Gasteiger partial charge in [0.15, 0.2) is 0 Å². The van der Waals surface area contributed by atoms with Gasteiger partial charge in [-0.05, 0) is 69.8 Å². The van der Waals surface area contributed by atoms with Crippen molar-refractivity contribution in [3.05, 3.63) is 152 Å². The quantitative estimate of drug-likeness (QED) is 0.290. The first-order valence-corrected chi connectivity index (χ1v) is 12.9. The predicted octanol–water partition coefficient (Wildman–Crippen LogP) is 6.50. The van der Waals surface area contributed by atoms with Crippen LogP contribution in [0.4, 0.5) is 0 Å². The molecule has 2 aliphatic heterocycles. The Morgan fingerprint density at radius 2 is 0.947 bits per heavy atom. The highest BCUT2D eigenvalue weighted by Gasteiger charge is 2.37. The third kappa shape index (κ3) is 4.20. The largest absolute Gasteiger partial charge is 0.295 e. The molecule has 0 radical (unpaired) electrons. The summed E-state index contributed by atoms with van der Waals surface area (Å²) in [6.45, 7) is 0. The van der Waals surface area contributed by atoms with Gasteiger partial charge in [0.25, 0.3) is 0 Å². The van der Waals surface area contributed by atoms with Crippen molar-refractivity contribution in [1.82, 2.24) is 10.0 Å². The number of carbonyl (C=O) groups excluding carboxylic acids is 1. The number of rotatable bonds is 4. The number of carbonyl (C=O) groups is 1. The fourth-order valence-corrected chi connectivity index (χ4v) is 5.52. The molecule has 0 aromatic heterocycles. The van der Waals surface area contributed by atoms with Gasteiger partial charge in [0.05, 0.1) is 12.1 Å². The number of hydrazine groups is 2. The van der Waals surface area contributed by atoms with Gasteiger partial charge in [-0.3, -0.25) is 14.8 Å². The summed E-state index contributed by atoms with van der Waals surface area (Å²) in [6, 6.07) is 30.1. The summed E-state index contributed by atoms with van der Waals surface area (Å²) < 4.78 is 0. The van der Waals surface area contributed by atoms with Crippen LogP contribution in [0, 0.1) is 0 Å². The van der Waals surface area contributed by atoms with Crippen LogP contribution in [-0.2, 0) is 4.79 Å². The normalized spacial score (nSPS) is 18.3. The summed E-state index contributed by atoms with van der Waals surface area (Å²) in [5.41, 5.74) is 6.39. The Bertz CT molecular complexity index is 1480. The molecule has 4 N–H and O–H groups in total. The fraction of sp³-hybridized carbons (Fsp3) is 0.0645. The van der Waals surface area contributed by atoms with Crippen molar-refractivity contribution >= 4 is 41.1 Å². The number of halogens is 2. The summed E-state index contributed by atoms with van der Waals surface area (Å²) in [5.74, 6) is 13.2. The lowest BCUT2D eigenvalue weighted by atomic mass is 9.87. The van der Waals surface area contributed by atoms with Crippen LogP contribution < -0.4 is 11.7 Å². The summed E-state index contributed by atoms with van der Waals surface area (Å²) in [6.07, 6.45) is 3.66. The van der Waals surface area contributed by atoms with E-state index in [-0.39, 0.29) is 17.9 Å².